The molecular weight excluding hydrogens is 347 g/mol. The summed E-state index contributed by atoms with van der Waals surface area (Å²) in [4.78, 5) is 4.21. The zero-order valence-corrected chi connectivity index (χ0v) is 12.4. The van der Waals surface area contributed by atoms with Crippen LogP contribution in [0.2, 0.25) is 0 Å². The minimum absolute atomic E-state index is 0.304. The van der Waals surface area contributed by atoms with E-state index < -0.39 is 11.7 Å². The van der Waals surface area contributed by atoms with Gasteiger partial charge >= 0.3 is 6.18 Å². The number of benzene rings is 1. The van der Waals surface area contributed by atoms with Crippen LogP contribution in [0.1, 0.15) is 5.56 Å². The first-order valence-electron chi connectivity index (χ1n) is 5.90. The SMILES string of the molecule is C=Nn1cccc(-c2cccc(C(F)(F)F)c2)/c1=N/CBr. The minimum Gasteiger partial charge on any atom is -0.255 e. The zero-order chi connectivity index (χ0) is 15.5. The number of halogens is 4. The summed E-state index contributed by atoms with van der Waals surface area (Å²) in [6.45, 7) is 3.42. The molecule has 0 aliphatic heterocycles. The molecule has 0 unspecified atom stereocenters. The van der Waals surface area contributed by atoms with Crippen LogP contribution in [0.5, 0.6) is 0 Å². The smallest absolute Gasteiger partial charge is 0.255 e. The highest BCUT2D eigenvalue weighted by atomic mass is 79.9. The third-order valence-corrected chi connectivity index (χ3v) is 3.06. The van der Waals surface area contributed by atoms with Crippen molar-refractivity contribution in [2.45, 2.75) is 6.18 Å². The lowest BCUT2D eigenvalue weighted by Crippen LogP contribution is -2.19. The van der Waals surface area contributed by atoms with E-state index in [0.29, 0.717) is 22.1 Å². The molecule has 3 nitrogen and oxygen atoms in total. The lowest BCUT2D eigenvalue weighted by molar-refractivity contribution is -0.137. The molecule has 0 aliphatic carbocycles. The molecule has 0 atom stereocenters. The fourth-order valence-corrected chi connectivity index (χ4v) is 2.14. The van der Waals surface area contributed by atoms with Crippen LogP contribution in [0.15, 0.2) is 52.7 Å². The largest absolute Gasteiger partial charge is 0.416 e. The van der Waals surface area contributed by atoms with E-state index in [9.17, 15) is 13.2 Å². The quantitative estimate of drug-likeness (QED) is 0.453. The Hall–Kier alpha value is -1.89. The molecular formula is C14H11BrF3N3. The van der Waals surface area contributed by atoms with E-state index in [2.05, 4.69) is 32.7 Å². The van der Waals surface area contributed by atoms with Crippen LogP contribution in [0.25, 0.3) is 11.1 Å². The van der Waals surface area contributed by atoms with Gasteiger partial charge in [-0.15, -0.1) is 0 Å². The Bertz CT molecular complexity index is 720. The van der Waals surface area contributed by atoms with Crippen LogP contribution in [0.3, 0.4) is 0 Å². The Balaban J connectivity index is 2.68. The van der Waals surface area contributed by atoms with Gasteiger partial charge in [0.05, 0.1) is 11.0 Å². The maximum atomic E-state index is 12.8. The number of nitrogens with zero attached hydrogens (tertiary/aromatic N) is 3. The molecule has 2 rings (SSSR count). The normalized spacial score (nSPS) is 12.5. The summed E-state index contributed by atoms with van der Waals surface area (Å²) in [6.07, 6.45) is -2.75. The molecule has 0 fully saturated rings. The predicted molar refractivity (Wildman–Crippen MR) is 79.2 cm³/mol. The minimum atomic E-state index is -4.38. The van der Waals surface area contributed by atoms with Crippen LogP contribution < -0.4 is 5.49 Å². The van der Waals surface area contributed by atoms with Crippen molar-refractivity contribution in [2.75, 3.05) is 5.45 Å². The Morgan fingerprint density at radius 2 is 1.95 bits per heavy atom. The number of alkyl halides is 4. The predicted octanol–water partition coefficient (Wildman–Crippen LogP) is 3.89. The van der Waals surface area contributed by atoms with Crippen molar-refractivity contribution in [3.05, 3.63) is 53.6 Å². The van der Waals surface area contributed by atoms with Gasteiger partial charge in [-0.1, -0.05) is 28.1 Å². The molecule has 1 aromatic carbocycles. The first-order valence-corrected chi connectivity index (χ1v) is 7.02. The van der Waals surface area contributed by atoms with Crippen molar-refractivity contribution in [3.63, 3.8) is 0 Å². The Morgan fingerprint density at radius 1 is 1.19 bits per heavy atom. The molecule has 0 saturated heterocycles. The second kappa shape index (κ2) is 6.26. The van der Waals surface area contributed by atoms with Gasteiger partial charge in [0.15, 0.2) is 5.49 Å². The van der Waals surface area contributed by atoms with Gasteiger partial charge in [-0.3, -0.25) is 4.99 Å². The summed E-state index contributed by atoms with van der Waals surface area (Å²) in [5, 5.41) is 3.78. The highest BCUT2D eigenvalue weighted by molar-refractivity contribution is 9.09. The molecule has 0 spiro atoms. The van der Waals surface area contributed by atoms with Crippen LogP contribution in [-0.4, -0.2) is 16.8 Å². The Kier molecular flexibility index (Phi) is 4.62. The zero-order valence-electron chi connectivity index (χ0n) is 10.8. The summed E-state index contributed by atoms with van der Waals surface area (Å²) >= 11 is 3.18. The van der Waals surface area contributed by atoms with E-state index in [0.717, 1.165) is 12.1 Å². The van der Waals surface area contributed by atoms with Crippen LogP contribution in [0, 0.1) is 0 Å². The van der Waals surface area contributed by atoms with Gasteiger partial charge in [0.1, 0.15) is 0 Å². The molecule has 0 aliphatic rings. The van der Waals surface area contributed by atoms with Crippen molar-refractivity contribution in [1.82, 2.24) is 4.68 Å². The molecule has 0 bridgehead atoms. The number of rotatable bonds is 3. The Labute approximate surface area is 127 Å². The van der Waals surface area contributed by atoms with Gasteiger partial charge in [0.25, 0.3) is 0 Å². The molecule has 0 amide bonds. The maximum Gasteiger partial charge on any atom is 0.416 e. The number of hydrogen-bond acceptors (Lipinski definition) is 2. The van der Waals surface area contributed by atoms with E-state index in [1.54, 1.807) is 24.4 Å². The fourth-order valence-electron chi connectivity index (χ4n) is 1.91. The van der Waals surface area contributed by atoms with Crippen molar-refractivity contribution < 1.29 is 13.2 Å². The van der Waals surface area contributed by atoms with Crippen molar-refractivity contribution in [1.29, 1.82) is 0 Å². The molecule has 110 valence electrons. The van der Waals surface area contributed by atoms with Crippen LogP contribution in [0.4, 0.5) is 13.2 Å². The van der Waals surface area contributed by atoms with E-state index in [-0.39, 0.29) is 0 Å². The summed E-state index contributed by atoms with van der Waals surface area (Å²) in [7, 11) is 0. The van der Waals surface area contributed by atoms with E-state index in [1.165, 1.54) is 10.7 Å². The molecule has 1 heterocycles. The summed E-state index contributed by atoms with van der Waals surface area (Å²) in [5.41, 5.74) is 1.01. The average molecular weight is 358 g/mol. The fraction of sp³-hybridized carbons (Fsp3) is 0.143. The maximum absolute atomic E-state index is 12.8. The first-order chi connectivity index (χ1) is 9.97. The molecule has 0 saturated carbocycles. The lowest BCUT2D eigenvalue weighted by Gasteiger charge is -2.10. The van der Waals surface area contributed by atoms with E-state index >= 15 is 0 Å². The second-order valence-corrected chi connectivity index (χ2v) is 4.59. The molecule has 2 aromatic rings. The van der Waals surface area contributed by atoms with Gasteiger partial charge < -0.3 is 0 Å². The third-order valence-electron chi connectivity index (χ3n) is 2.81. The lowest BCUT2D eigenvalue weighted by atomic mass is 10.0. The van der Waals surface area contributed by atoms with Gasteiger partial charge in [-0.2, -0.15) is 18.3 Å². The van der Waals surface area contributed by atoms with Crippen molar-refractivity contribution >= 4 is 22.6 Å². The second-order valence-electron chi connectivity index (χ2n) is 4.09. The van der Waals surface area contributed by atoms with Crippen molar-refractivity contribution in [3.8, 4) is 11.1 Å². The number of aromatic nitrogens is 1. The Morgan fingerprint density at radius 3 is 2.57 bits per heavy atom. The van der Waals surface area contributed by atoms with E-state index in [4.69, 9.17) is 0 Å². The number of hydrogen-bond donors (Lipinski definition) is 0. The summed E-state index contributed by atoms with van der Waals surface area (Å²) in [6, 6.07) is 8.47. The topological polar surface area (TPSA) is 29.6 Å². The van der Waals surface area contributed by atoms with Crippen LogP contribution in [-0.2, 0) is 6.18 Å². The van der Waals surface area contributed by atoms with Gasteiger partial charge in [-0.25, -0.2) is 4.68 Å². The van der Waals surface area contributed by atoms with Gasteiger partial charge in [-0.05, 0) is 29.8 Å². The molecule has 7 heteroatoms. The highest BCUT2D eigenvalue weighted by Gasteiger charge is 2.30. The number of pyridine rings is 1. The molecule has 0 radical (unpaired) electrons. The van der Waals surface area contributed by atoms with Crippen LogP contribution >= 0.6 is 15.9 Å². The average Bonchev–Trinajstić information content (AvgIpc) is 2.47. The molecule has 21 heavy (non-hydrogen) atoms. The molecule has 0 N–H and O–H groups in total. The van der Waals surface area contributed by atoms with E-state index in [1.807, 2.05) is 0 Å². The summed E-state index contributed by atoms with van der Waals surface area (Å²) < 4.78 is 39.9. The third kappa shape index (κ3) is 3.41. The van der Waals surface area contributed by atoms with Gasteiger partial charge in [0.2, 0.25) is 0 Å². The standard InChI is InChI=1S/C14H11BrF3N3/c1-19-21-7-3-6-12(13(21)20-9-15)10-4-2-5-11(8-10)14(16,17)18/h2-8H,1,9H2/b20-13-. The highest BCUT2D eigenvalue weighted by Crippen LogP contribution is 2.31. The molecule has 1 aromatic heterocycles. The first kappa shape index (κ1) is 15.5. The van der Waals surface area contributed by atoms with Gasteiger partial charge in [0, 0.05) is 18.5 Å². The summed E-state index contributed by atoms with van der Waals surface area (Å²) in [5.74, 6) is 0. The van der Waals surface area contributed by atoms with Crippen molar-refractivity contribution in [2.24, 2.45) is 10.1 Å². The monoisotopic (exact) mass is 357 g/mol.